The average Bonchev–Trinajstić information content (AvgIpc) is 2.35. The summed E-state index contributed by atoms with van der Waals surface area (Å²) in [5.74, 6) is -0.822. The zero-order valence-electron chi connectivity index (χ0n) is 9.85. The van der Waals surface area contributed by atoms with Crippen molar-refractivity contribution in [1.29, 1.82) is 0 Å². The fourth-order valence-electron chi connectivity index (χ4n) is 2.64. The lowest BCUT2D eigenvalue weighted by molar-refractivity contribution is -0.366. The maximum atomic E-state index is 13.7. The standard InChI is InChI=1S/C14H17F2O/c15-13-8-11(10-4-2-1-3-5-10)9-14(16)12(13)6-7-17/h8-10H,1-7H2/q-1. The molecule has 1 aromatic carbocycles. The smallest absolute Gasteiger partial charge is 0.129 e. The lowest BCUT2D eigenvalue weighted by Gasteiger charge is -2.22. The van der Waals surface area contributed by atoms with E-state index in [0.29, 0.717) is 0 Å². The Labute approximate surface area is 100 Å². The maximum absolute atomic E-state index is 13.7. The summed E-state index contributed by atoms with van der Waals surface area (Å²) in [6.45, 7) is -0.476. The van der Waals surface area contributed by atoms with Crippen molar-refractivity contribution in [3.8, 4) is 0 Å². The van der Waals surface area contributed by atoms with Crippen molar-refractivity contribution in [3.05, 3.63) is 34.9 Å². The Morgan fingerprint density at radius 3 is 2.18 bits per heavy atom. The fraction of sp³-hybridized carbons (Fsp3) is 0.571. The fourth-order valence-corrected chi connectivity index (χ4v) is 2.64. The van der Waals surface area contributed by atoms with E-state index < -0.39 is 18.2 Å². The minimum atomic E-state index is -0.554. The molecule has 0 atom stereocenters. The van der Waals surface area contributed by atoms with Gasteiger partial charge in [-0.15, -0.1) is 6.61 Å². The van der Waals surface area contributed by atoms with Gasteiger partial charge in [0.2, 0.25) is 0 Å². The minimum Gasteiger partial charge on any atom is -0.854 e. The van der Waals surface area contributed by atoms with Crippen LogP contribution in [0.15, 0.2) is 12.1 Å². The number of hydrogen-bond acceptors (Lipinski definition) is 1. The minimum absolute atomic E-state index is 0.0560. The van der Waals surface area contributed by atoms with Crippen LogP contribution in [0.4, 0.5) is 8.78 Å². The van der Waals surface area contributed by atoms with Crippen molar-refractivity contribution in [3.63, 3.8) is 0 Å². The Bertz CT molecular complexity index is 361. The lowest BCUT2D eigenvalue weighted by Crippen LogP contribution is -2.12. The van der Waals surface area contributed by atoms with Gasteiger partial charge in [-0.05, 0) is 42.9 Å². The van der Waals surface area contributed by atoms with Gasteiger partial charge < -0.3 is 5.11 Å². The van der Waals surface area contributed by atoms with Crippen LogP contribution in [0.1, 0.15) is 49.1 Å². The van der Waals surface area contributed by atoms with Crippen LogP contribution in [0, 0.1) is 11.6 Å². The largest absolute Gasteiger partial charge is 0.854 e. The third kappa shape index (κ3) is 2.83. The summed E-state index contributed by atoms with van der Waals surface area (Å²) in [4.78, 5) is 0. The highest BCUT2D eigenvalue weighted by atomic mass is 19.1. The van der Waals surface area contributed by atoms with E-state index in [1.54, 1.807) is 0 Å². The summed E-state index contributed by atoms with van der Waals surface area (Å²) >= 11 is 0. The van der Waals surface area contributed by atoms with Gasteiger partial charge in [0.1, 0.15) is 11.6 Å². The molecule has 17 heavy (non-hydrogen) atoms. The van der Waals surface area contributed by atoms with E-state index in [9.17, 15) is 13.9 Å². The summed E-state index contributed by atoms with van der Waals surface area (Å²) in [5.41, 5.74) is 0.703. The zero-order chi connectivity index (χ0) is 12.3. The second kappa shape index (κ2) is 5.58. The summed E-state index contributed by atoms with van der Waals surface area (Å²) in [7, 11) is 0. The molecule has 1 aliphatic rings. The summed E-state index contributed by atoms with van der Waals surface area (Å²) in [5, 5.41) is 10.5. The van der Waals surface area contributed by atoms with Crippen LogP contribution >= 0.6 is 0 Å². The highest BCUT2D eigenvalue weighted by molar-refractivity contribution is 5.29. The molecule has 0 aromatic heterocycles. The van der Waals surface area contributed by atoms with Crippen molar-refractivity contribution in [2.75, 3.05) is 6.61 Å². The Morgan fingerprint density at radius 1 is 1.06 bits per heavy atom. The molecule has 0 radical (unpaired) electrons. The predicted molar refractivity (Wildman–Crippen MR) is 60.8 cm³/mol. The first-order valence-electron chi connectivity index (χ1n) is 6.28. The van der Waals surface area contributed by atoms with E-state index in [0.717, 1.165) is 31.2 Å². The van der Waals surface area contributed by atoms with Crippen molar-refractivity contribution in [1.82, 2.24) is 0 Å². The Kier molecular flexibility index (Phi) is 4.11. The normalized spacial score (nSPS) is 17.4. The molecule has 0 bridgehead atoms. The van der Waals surface area contributed by atoms with Gasteiger partial charge in [-0.1, -0.05) is 19.3 Å². The lowest BCUT2D eigenvalue weighted by atomic mass is 9.83. The molecule has 2 rings (SSSR count). The monoisotopic (exact) mass is 239 g/mol. The molecular weight excluding hydrogens is 222 g/mol. The van der Waals surface area contributed by atoms with E-state index in [4.69, 9.17) is 0 Å². The molecule has 0 saturated heterocycles. The molecule has 0 unspecified atom stereocenters. The van der Waals surface area contributed by atoms with Crippen molar-refractivity contribution >= 4 is 0 Å². The van der Waals surface area contributed by atoms with Crippen LogP contribution in [0.2, 0.25) is 0 Å². The second-order valence-corrected chi connectivity index (χ2v) is 4.75. The third-order valence-corrected chi connectivity index (χ3v) is 3.59. The number of hydrogen-bond donors (Lipinski definition) is 0. The van der Waals surface area contributed by atoms with E-state index in [1.165, 1.54) is 18.6 Å². The predicted octanol–water partition coefficient (Wildman–Crippen LogP) is 2.92. The summed E-state index contributed by atoms with van der Waals surface area (Å²) < 4.78 is 27.3. The molecular formula is C14H17F2O-. The van der Waals surface area contributed by atoms with Gasteiger partial charge in [0.25, 0.3) is 0 Å². The Balaban J connectivity index is 2.24. The van der Waals surface area contributed by atoms with Gasteiger partial charge in [0.05, 0.1) is 0 Å². The van der Waals surface area contributed by atoms with Crippen LogP contribution in [0.5, 0.6) is 0 Å². The van der Waals surface area contributed by atoms with Gasteiger partial charge in [0.15, 0.2) is 0 Å². The van der Waals surface area contributed by atoms with Crippen molar-refractivity contribution in [2.45, 2.75) is 44.4 Å². The topological polar surface area (TPSA) is 23.1 Å². The van der Waals surface area contributed by atoms with Crippen LogP contribution in [0.3, 0.4) is 0 Å². The molecule has 0 aliphatic heterocycles. The van der Waals surface area contributed by atoms with E-state index in [2.05, 4.69) is 0 Å². The van der Waals surface area contributed by atoms with Crippen LogP contribution < -0.4 is 5.11 Å². The molecule has 0 N–H and O–H groups in total. The van der Waals surface area contributed by atoms with E-state index in [-0.39, 0.29) is 17.9 Å². The SMILES string of the molecule is [O-]CCc1c(F)cc(C2CCCCC2)cc1F. The first-order valence-corrected chi connectivity index (χ1v) is 6.28. The van der Waals surface area contributed by atoms with Crippen LogP contribution in [-0.4, -0.2) is 6.61 Å². The van der Waals surface area contributed by atoms with Gasteiger partial charge in [-0.25, -0.2) is 8.78 Å². The molecule has 0 heterocycles. The highest BCUT2D eigenvalue weighted by Gasteiger charge is 2.18. The summed E-state index contributed by atoms with van der Waals surface area (Å²) in [6, 6.07) is 2.84. The number of rotatable bonds is 3. The van der Waals surface area contributed by atoms with Crippen LogP contribution in [-0.2, 0) is 6.42 Å². The molecule has 94 valence electrons. The van der Waals surface area contributed by atoms with Gasteiger partial charge in [0, 0.05) is 5.56 Å². The van der Waals surface area contributed by atoms with Gasteiger partial charge >= 0.3 is 0 Å². The van der Waals surface area contributed by atoms with Crippen molar-refractivity contribution in [2.24, 2.45) is 0 Å². The Morgan fingerprint density at radius 2 is 1.65 bits per heavy atom. The summed E-state index contributed by atoms with van der Waals surface area (Å²) in [6.07, 6.45) is 5.45. The molecule has 1 fully saturated rings. The first-order chi connectivity index (χ1) is 8.22. The molecule has 0 amide bonds. The molecule has 0 spiro atoms. The van der Waals surface area contributed by atoms with E-state index in [1.807, 2.05) is 0 Å². The average molecular weight is 239 g/mol. The molecule has 3 heteroatoms. The number of benzene rings is 1. The first kappa shape index (κ1) is 12.5. The maximum Gasteiger partial charge on any atom is 0.129 e. The van der Waals surface area contributed by atoms with Gasteiger partial charge in [-0.3, -0.25) is 0 Å². The zero-order valence-corrected chi connectivity index (χ0v) is 9.85. The quantitative estimate of drug-likeness (QED) is 0.795. The number of halogens is 2. The second-order valence-electron chi connectivity index (χ2n) is 4.75. The molecule has 1 aliphatic carbocycles. The molecule has 1 aromatic rings. The third-order valence-electron chi connectivity index (χ3n) is 3.59. The van der Waals surface area contributed by atoms with Crippen LogP contribution in [0.25, 0.3) is 0 Å². The molecule has 1 saturated carbocycles. The van der Waals surface area contributed by atoms with Crippen molar-refractivity contribution < 1.29 is 13.9 Å². The molecule has 1 nitrogen and oxygen atoms in total. The highest BCUT2D eigenvalue weighted by Crippen LogP contribution is 2.33. The van der Waals surface area contributed by atoms with E-state index >= 15 is 0 Å². The Hall–Kier alpha value is -0.960. The van der Waals surface area contributed by atoms with Gasteiger partial charge in [-0.2, -0.15) is 0 Å².